The highest BCUT2D eigenvalue weighted by Crippen LogP contribution is 2.18. The molecule has 1 aliphatic rings. The van der Waals surface area contributed by atoms with Crippen LogP contribution >= 0.6 is 0 Å². The Kier molecular flexibility index (Phi) is 7.14. The van der Waals surface area contributed by atoms with Gasteiger partial charge in [0.15, 0.2) is 0 Å². The lowest BCUT2D eigenvalue weighted by Gasteiger charge is -2.32. The van der Waals surface area contributed by atoms with Crippen LogP contribution in [0.3, 0.4) is 0 Å². The van der Waals surface area contributed by atoms with Crippen LogP contribution < -0.4 is 21.6 Å². The van der Waals surface area contributed by atoms with Crippen LogP contribution in [0.15, 0.2) is 78.8 Å². The second-order valence-corrected chi connectivity index (χ2v) is 7.90. The van der Waals surface area contributed by atoms with Crippen molar-refractivity contribution in [3.05, 3.63) is 95.5 Å². The molecule has 0 bridgehead atoms. The molecule has 0 fully saturated rings. The third kappa shape index (κ3) is 5.64. The molecule has 6 nitrogen and oxygen atoms in total. The molecule has 0 spiro atoms. The first-order valence-corrected chi connectivity index (χ1v) is 10.3. The Hall–Kier alpha value is -3.25. The van der Waals surface area contributed by atoms with Crippen LogP contribution in [-0.4, -0.2) is 23.5 Å². The normalized spacial score (nSPS) is 14.1. The topological polar surface area (TPSA) is 68.4 Å². The second kappa shape index (κ2) is 9.98. The van der Waals surface area contributed by atoms with E-state index in [2.05, 4.69) is 54.2 Å². The average Bonchev–Trinajstić information content (AvgIpc) is 3.20. The van der Waals surface area contributed by atoms with Gasteiger partial charge in [0.05, 0.1) is 18.3 Å². The summed E-state index contributed by atoms with van der Waals surface area (Å²) in [4.78, 5) is 12.3. The highest BCUT2D eigenvalue weighted by Gasteiger charge is 2.26. The third-order valence-electron chi connectivity index (χ3n) is 5.04. The fraction of sp³-hybridized carbons (Fsp3) is 0.292. The van der Waals surface area contributed by atoms with Gasteiger partial charge in [-0.3, -0.25) is 9.80 Å². The minimum atomic E-state index is -0.0921. The Morgan fingerprint density at radius 3 is 2.40 bits per heavy atom. The van der Waals surface area contributed by atoms with Crippen molar-refractivity contribution in [2.45, 2.75) is 33.4 Å². The standard InChI is InChI=1S/C24H31N5O/c1-17(2)23(19(4)25-14-20-8-6-5-7-9-20)29-16-22(27-28-29)15-26-24(30)21-12-10-18(3)11-13-21/h5-13,16-17,23,25,27-28H,4,14-15H2,1-3H3,(H,26,30). The second-order valence-electron chi connectivity index (χ2n) is 7.90. The van der Waals surface area contributed by atoms with Crippen molar-refractivity contribution in [3.8, 4) is 0 Å². The van der Waals surface area contributed by atoms with Gasteiger partial charge in [-0.05, 0) is 30.5 Å². The van der Waals surface area contributed by atoms with Gasteiger partial charge >= 0.3 is 0 Å². The molecule has 0 saturated carbocycles. The van der Waals surface area contributed by atoms with Gasteiger partial charge in [0, 0.05) is 24.0 Å². The zero-order valence-electron chi connectivity index (χ0n) is 17.9. The minimum Gasteiger partial charge on any atom is -0.383 e. The molecule has 6 heteroatoms. The van der Waals surface area contributed by atoms with E-state index in [0.717, 1.165) is 23.5 Å². The fourth-order valence-corrected chi connectivity index (χ4v) is 3.40. The van der Waals surface area contributed by atoms with E-state index in [-0.39, 0.29) is 11.9 Å². The molecule has 0 saturated heterocycles. The Balaban J connectivity index is 1.56. The van der Waals surface area contributed by atoms with Crippen LogP contribution in [0.2, 0.25) is 0 Å². The van der Waals surface area contributed by atoms with Gasteiger partial charge in [0.2, 0.25) is 0 Å². The molecular formula is C24H31N5O. The molecule has 158 valence electrons. The van der Waals surface area contributed by atoms with E-state index < -0.39 is 0 Å². The van der Waals surface area contributed by atoms with Crippen molar-refractivity contribution >= 4 is 5.91 Å². The van der Waals surface area contributed by atoms with E-state index in [9.17, 15) is 4.79 Å². The molecule has 3 rings (SSSR count). The Morgan fingerprint density at radius 1 is 1.03 bits per heavy atom. The van der Waals surface area contributed by atoms with E-state index in [1.54, 1.807) is 0 Å². The number of rotatable bonds is 9. The van der Waals surface area contributed by atoms with E-state index in [0.29, 0.717) is 18.0 Å². The quantitative estimate of drug-likeness (QED) is 0.516. The average molecular weight is 406 g/mol. The van der Waals surface area contributed by atoms with Crippen LogP contribution in [0.5, 0.6) is 0 Å². The fourth-order valence-electron chi connectivity index (χ4n) is 3.40. The molecule has 0 aromatic heterocycles. The SMILES string of the molecule is C=C(NCc1ccccc1)C(C(C)C)N1C=C(CNC(=O)c2ccc(C)cc2)NN1. The van der Waals surface area contributed by atoms with Gasteiger partial charge in [0.25, 0.3) is 5.91 Å². The maximum Gasteiger partial charge on any atom is 0.251 e. The molecular weight excluding hydrogens is 374 g/mol. The lowest BCUT2D eigenvalue weighted by molar-refractivity contribution is 0.0956. The molecule has 1 heterocycles. The first-order chi connectivity index (χ1) is 14.4. The monoisotopic (exact) mass is 405 g/mol. The molecule has 0 aliphatic carbocycles. The predicted molar refractivity (Wildman–Crippen MR) is 121 cm³/mol. The minimum absolute atomic E-state index is 0.0477. The van der Waals surface area contributed by atoms with Crippen LogP contribution in [0.25, 0.3) is 0 Å². The van der Waals surface area contributed by atoms with Crippen molar-refractivity contribution < 1.29 is 4.79 Å². The summed E-state index contributed by atoms with van der Waals surface area (Å²) < 4.78 is 0. The molecule has 2 aromatic carbocycles. The number of nitrogens with zero attached hydrogens (tertiary/aromatic N) is 1. The number of amides is 1. The molecule has 30 heavy (non-hydrogen) atoms. The van der Waals surface area contributed by atoms with Crippen LogP contribution in [0.4, 0.5) is 0 Å². The largest absolute Gasteiger partial charge is 0.383 e. The van der Waals surface area contributed by atoms with Crippen molar-refractivity contribution in [2.75, 3.05) is 6.54 Å². The summed E-state index contributed by atoms with van der Waals surface area (Å²) in [6.45, 7) is 11.7. The molecule has 2 aromatic rings. The summed E-state index contributed by atoms with van der Waals surface area (Å²) in [6, 6.07) is 17.9. The van der Waals surface area contributed by atoms with Gasteiger partial charge in [0.1, 0.15) is 0 Å². The van der Waals surface area contributed by atoms with Crippen molar-refractivity contribution in [2.24, 2.45) is 5.92 Å². The zero-order valence-corrected chi connectivity index (χ0v) is 17.9. The number of carbonyl (C=O) groups is 1. The number of hydrogen-bond donors (Lipinski definition) is 4. The Bertz CT molecular complexity index is 890. The number of aryl methyl sites for hydroxylation is 1. The highest BCUT2D eigenvalue weighted by atomic mass is 16.1. The summed E-state index contributed by atoms with van der Waals surface area (Å²) in [6.07, 6.45) is 1.98. The summed E-state index contributed by atoms with van der Waals surface area (Å²) in [5.74, 6) is 0.235. The third-order valence-corrected chi connectivity index (χ3v) is 5.04. The summed E-state index contributed by atoms with van der Waals surface area (Å²) >= 11 is 0. The van der Waals surface area contributed by atoms with E-state index in [1.807, 2.05) is 60.6 Å². The lowest BCUT2D eigenvalue weighted by atomic mass is 10.0. The molecule has 1 unspecified atom stereocenters. The zero-order chi connectivity index (χ0) is 21.5. The van der Waals surface area contributed by atoms with E-state index in [4.69, 9.17) is 0 Å². The van der Waals surface area contributed by atoms with Crippen molar-refractivity contribution in [3.63, 3.8) is 0 Å². The first-order valence-electron chi connectivity index (χ1n) is 10.3. The van der Waals surface area contributed by atoms with Gasteiger partial charge in [-0.15, -0.1) is 5.53 Å². The molecule has 1 amide bonds. The smallest absolute Gasteiger partial charge is 0.251 e. The van der Waals surface area contributed by atoms with Gasteiger partial charge in [-0.2, -0.15) is 0 Å². The molecule has 1 aliphatic heterocycles. The Morgan fingerprint density at radius 2 is 1.73 bits per heavy atom. The number of carbonyl (C=O) groups excluding carboxylic acids is 1. The first kappa shape index (κ1) is 21.5. The maximum atomic E-state index is 12.3. The summed E-state index contributed by atoms with van der Waals surface area (Å²) in [7, 11) is 0. The number of benzene rings is 2. The summed E-state index contributed by atoms with van der Waals surface area (Å²) in [5, 5.41) is 8.39. The summed E-state index contributed by atoms with van der Waals surface area (Å²) in [5.41, 5.74) is 11.1. The van der Waals surface area contributed by atoms with Gasteiger partial charge in [-0.1, -0.05) is 68.5 Å². The van der Waals surface area contributed by atoms with Gasteiger partial charge in [-0.25, -0.2) is 0 Å². The van der Waals surface area contributed by atoms with Gasteiger partial charge < -0.3 is 16.1 Å². The molecule has 4 N–H and O–H groups in total. The van der Waals surface area contributed by atoms with E-state index >= 15 is 0 Å². The van der Waals surface area contributed by atoms with E-state index in [1.165, 1.54) is 5.56 Å². The number of nitrogens with one attached hydrogen (secondary N) is 4. The number of hydrogen-bond acceptors (Lipinski definition) is 5. The van der Waals surface area contributed by atoms with Crippen molar-refractivity contribution in [1.82, 2.24) is 26.6 Å². The molecule has 0 radical (unpaired) electrons. The Labute approximate surface area is 179 Å². The van der Waals surface area contributed by atoms with Crippen LogP contribution in [0, 0.1) is 12.8 Å². The lowest BCUT2D eigenvalue weighted by Crippen LogP contribution is -2.48. The van der Waals surface area contributed by atoms with Crippen molar-refractivity contribution in [1.29, 1.82) is 0 Å². The predicted octanol–water partition coefficient (Wildman–Crippen LogP) is 3.22. The van der Waals surface area contributed by atoms with Crippen LogP contribution in [0.1, 0.15) is 35.3 Å². The van der Waals surface area contributed by atoms with Crippen LogP contribution in [-0.2, 0) is 6.54 Å². The molecule has 1 atom stereocenters. The highest BCUT2D eigenvalue weighted by molar-refractivity contribution is 5.94. The maximum absolute atomic E-state index is 12.3. The number of hydrazine groups is 2.